The van der Waals surface area contributed by atoms with Crippen LogP contribution in [0.4, 0.5) is 14.5 Å². The first-order chi connectivity index (χ1) is 8.52. The molecule has 0 radical (unpaired) electrons. The van der Waals surface area contributed by atoms with Crippen molar-refractivity contribution < 1.29 is 13.5 Å². The van der Waals surface area contributed by atoms with E-state index in [0.29, 0.717) is 31.2 Å². The first kappa shape index (κ1) is 14.9. The van der Waals surface area contributed by atoms with Gasteiger partial charge in [0.15, 0.2) is 5.82 Å². The van der Waals surface area contributed by atoms with Crippen molar-refractivity contribution in [1.29, 1.82) is 0 Å². The van der Waals surface area contributed by atoms with Gasteiger partial charge in [-0.05, 0) is 30.9 Å². The molecule has 0 saturated heterocycles. The third-order valence-electron chi connectivity index (χ3n) is 2.67. The SMILES string of the molecule is Cc1ccc(F)c(NCCOCCC(C)C)c1F. The maximum absolute atomic E-state index is 13.6. The van der Waals surface area contributed by atoms with Gasteiger partial charge in [-0.15, -0.1) is 0 Å². The van der Waals surface area contributed by atoms with Gasteiger partial charge in [-0.25, -0.2) is 8.78 Å². The summed E-state index contributed by atoms with van der Waals surface area (Å²) in [6.07, 6.45) is 0.993. The van der Waals surface area contributed by atoms with Gasteiger partial charge >= 0.3 is 0 Å². The Kier molecular flexibility index (Phi) is 6.05. The van der Waals surface area contributed by atoms with Crippen molar-refractivity contribution in [3.05, 3.63) is 29.3 Å². The van der Waals surface area contributed by atoms with E-state index in [4.69, 9.17) is 4.74 Å². The monoisotopic (exact) mass is 257 g/mol. The third-order valence-corrected chi connectivity index (χ3v) is 2.67. The highest BCUT2D eigenvalue weighted by Gasteiger charge is 2.10. The Morgan fingerprint density at radius 3 is 2.61 bits per heavy atom. The van der Waals surface area contributed by atoms with Crippen LogP contribution in [-0.4, -0.2) is 19.8 Å². The Balaban J connectivity index is 2.33. The minimum atomic E-state index is -0.569. The third kappa shape index (κ3) is 4.61. The summed E-state index contributed by atoms with van der Waals surface area (Å²) in [5.74, 6) is -0.498. The summed E-state index contributed by atoms with van der Waals surface area (Å²) >= 11 is 0. The van der Waals surface area contributed by atoms with Crippen molar-refractivity contribution in [1.82, 2.24) is 0 Å². The zero-order chi connectivity index (χ0) is 13.5. The summed E-state index contributed by atoms with van der Waals surface area (Å²) in [5.41, 5.74) is 0.363. The standard InChI is InChI=1S/C14H21F2NO/c1-10(2)6-8-18-9-7-17-14-12(15)5-4-11(3)13(14)16/h4-5,10,17H,6-9H2,1-3H3. The predicted molar refractivity (Wildman–Crippen MR) is 69.9 cm³/mol. The highest BCUT2D eigenvalue weighted by molar-refractivity contribution is 5.48. The van der Waals surface area contributed by atoms with Crippen LogP contribution in [0.25, 0.3) is 0 Å². The molecule has 1 aromatic carbocycles. The maximum atomic E-state index is 13.6. The minimum absolute atomic E-state index is 0.0672. The minimum Gasteiger partial charge on any atom is -0.380 e. The second kappa shape index (κ2) is 7.31. The second-order valence-electron chi connectivity index (χ2n) is 4.77. The summed E-state index contributed by atoms with van der Waals surface area (Å²) in [6, 6.07) is 2.69. The second-order valence-corrected chi connectivity index (χ2v) is 4.77. The number of hydrogen-bond donors (Lipinski definition) is 1. The van der Waals surface area contributed by atoms with Crippen LogP contribution >= 0.6 is 0 Å². The van der Waals surface area contributed by atoms with E-state index in [1.54, 1.807) is 6.92 Å². The van der Waals surface area contributed by atoms with Gasteiger partial charge in [-0.3, -0.25) is 0 Å². The molecule has 1 N–H and O–H groups in total. The fraction of sp³-hybridized carbons (Fsp3) is 0.571. The van der Waals surface area contributed by atoms with Crippen LogP contribution in [0.5, 0.6) is 0 Å². The summed E-state index contributed by atoms with van der Waals surface area (Å²) in [7, 11) is 0. The molecule has 4 heteroatoms. The van der Waals surface area contributed by atoms with Crippen LogP contribution in [0.3, 0.4) is 0 Å². The highest BCUT2D eigenvalue weighted by atomic mass is 19.1. The lowest BCUT2D eigenvalue weighted by molar-refractivity contribution is 0.132. The van der Waals surface area contributed by atoms with E-state index < -0.39 is 11.6 Å². The molecule has 1 aromatic rings. The Morgan fingerprint density at radius 2 is 1.94 bits per heavy atom. The van der Waals surface area contributed by atoms with Gasteiger partial charge < -0.3 is 10.1 Å². The average Bonchev–Trinajstić information content (AvgIpc) is 2.32. The molecule has 0 fully saturated rings. The van der Waals surface area contributed by atoms with E-state index in [-0.39, 0.29) is 5.69 Å². The molecule has 18 heavy (non-hydrogen) atoms. The molecule has 0 saturated carbocycles. The topological polar surface area (TPSA) is 21.3 Å². The largest absolute Gasteiger partial charge is 0.380 e. The molecule has 2 nitrogen and oxygen atoms in total. The number of hydrogen-bond acceptors (Lipinski definition) is 2. The average molecular weight is 257 g/mol. The van der Waals surface area contributed by atoms with Crippen molar-refractivity contribution in [3.63, 3.8) is 0 Å². The lowest BCUT2D eigenvalue weighted by atomic mass is 10.1. The normalized spacial score (nSPS) is 11.0. The molecule has 0 bridgehead atoms. The van der Waals surface area contributed by atoms with Crippen molar-refractivity contribution in [2.75, 3.05) is 25.1 Å². The molecule has 0 aliphatic rings. The van der Waals surface area contributed by atoms with E-state index in [1.165, 1.54) is 12.1 Å². The lowest BCUT2D eigenvalue weighted by Gasteiger charge is -2.11. The number of ether oxygens (including phenoxy) is 1. The zero-order valence-electron chi connectivity index (χ0n) is 11.2. The first-order valence-corrected chi connectivity index (χ1v) is 6.28. The lowest BCUT2D eigenvalue weighted by Crippen LogP contribution is -2.13. The Morgan fingerprint density at radius 1 is 1.22 bits per heavy atom. The van der Waals surface area contributed by atoms with Crippen LogP contribution in [0.2, 0.25) is 0 Å². The summed E-state index contributed by atoms with van der Waals surface area (Å²) < 4.78 is 32.3. The smallest absolute Gasteiger partial charge is 0.152 e. The molecule has 1 rings (SSSR count). The van der Waals surface area contributed by atoms with E-state index >= 15 is 0 Å². The molecular formula is C14H21F2NO. The summed E-state index contributed by atoms with van der Waals surface area (Å²) in [4.78, 5) is 0. The Labute approximate surface area is 107 Å². The first-order valence-electron chi connectivity index (χ1n) is 6.28. The van der Waals surface area contributed by atoms with E-state index in [2.05, 4.69) is 19.2 Å². The quantitative estimate of drug-likeness (QED) is 0.751. The molecule has 102 valence electrons. The molecule has 0 amide bonds. The van der Waals surface area contributed by atoms with Crippen LogP contribution in [-0.2, 0) is 4.74 Å². The number of rotatable bonds is 7. The Hall–Kier alpha value is -1.16. The van der Waals surface area contributed by atoms with Crippen molar-refractivity contribution in [2.45, 2.75) is 27.2 Å². The van der Waals surface area contributed by atoms with Crippen LogP contribution in [0.15, 0.2) is 12.1 Å². The molecule has 0 spiro atoms. The van der Waals surface area contributed by atoms with Gasteiger partial charge in [0.2, 0.25) is 0 Å². The van der Waals surface area contributed by atoms with Crippen molar-refractivity contribution in [3.8, 4) is 0 Å². The van der Waals surface area contributed by atoms with Crippen molar-refractivity contribution in [2.24, 2.45) is 5.92 Å². The van der Waals surface area contributed by atoms with Gasteiger partial charge in [0.05, 0.1) is 6.61 Å². The number of halogens is 2. The molecule has 0 aliphatic carbocycles. The van der Waals surface area contributed by atoms with Gasteiger partial charge in [0, 0.05) is 13.2 Å². The Bertz CT molecular complexity index is 380. The van der Waals surface area contributed by atoms with E-state index in [0.717, 1.165) is 6.42 Å². The highest BCUT2D eigenvalue weighted by Crippen LogP contribution is 2.21. The fourth-order valence-corrected chi connectivity index (χ4v) is 1.49. The molecule has 0 aromatic heterocycles. The molecule has 0 heterocycles. The number of benzene rings is 1. The molecule has 0 aliphatic heterocycles. The summed E-state index contributed by atoms with van der Waals surface area (Å²) in [6.45, 7) is 7.38. The number of nitrogens with one attached hydrogen (secondary N) is 1. The van der Waals surface area contributed by atoms with E-state index in [1.807, 2.05) is 0 Å². The number of anilines is 1. The van der Waals surface area contributed by atoms with Gasteiger partial charge in [0.25, 0.3) is 0 Å². The summed E-state index contributed by atoms with van der Waals surface area (Å²) in [5, 5.41) is 2.74. The molecule has 0 atom stereocenters. The van der Waals surface area contributed by atoms with Gasteiger partial charge in [-0.2, -0.15) is 0 Å². The van der Waals surface area contributed by atoms with Gasteiger partial charge in [-0.1, -0.05) is 19.9 Å². The zero-order valence-corrected chi connectivity index (χ0v) is 11.2. The van der Waals surface area contributed by atoms with E-state index in [9.17, 15) is 8.78 Å². The maximum Gasteiger partial charge on any atom is 0.152 e. The van der Waals surface area contributed by atoms with Crippen LogP contribution in [0.1, 0.15) is 25.8 Å². The number of aryl methyl sites for hydroxylation is 1. The molecular weight excluding hydrogens is 236 g/mol. The van der Waals surface area contributed by atoms with Gasteiger partial charge in [0.1, 0.15) is 11.5 Å². The van der Waals surface area contributed by atoms with Crippen molar-refractivity contribution >= 4 is 5.69 Å². The van der Waals surface area contributed by atoms with Crippen LogP contribution < -0.4 is 5.32 Å². The fourth-order valence-electron chi connectivity index (χ4n) is 1.49. The van der Waals surface area contributed by atoms with Crippen LogP contribution in [0, 0.1) is 24.5 Å². The predicted octanol–water partition coefficient (Wildman–Crippen LogP) is 3.75. The molecule has 0 unspecified atom stereocenters.